The van der Waals surface area contributed by atoms with Crippen molar-refractivity contribution < 1.29 is 5.11 Å². The number of aryl methyl sites for hydroxylation is 2. The van der Waals surface area contributed by atoms with Crippen LogP contribution in [0, 0.1) is 0 Å². The highest BCUT2D eigenvalue weighted by atomic mass is 35.5. The van der Waals surface area contributed by atoms with E-state index in [-0.39, 0.29) is 12.1 Å². The normalized spacial score (nSPS) is 11.1. The summed E-state index contributed by atoms with van der Waals surface area (Å²) in [7, 11) is 0. The van der Waals surface area contributed by atoms with Crippen LogP contribution in [0.2, 0.25) is 10.0 Å². The molecule has 0 aliphatic heterocycles. The fraction of sp³-hybridized carbons (Fsp3) is 0.130. The second-order valence-corrected chi connectivity index (χ2v) is 7.85. The summed E-state index contributed by atoms with van der Waals surface area (Å²) in [6.45, 7) is 0.229. The van der Waals surface area contributed by atoms with Crippen molar-refractivity contribution in [2.24, 2.45) is 0 Å². The molecule has 0 unspecified atom stereocenters. The van der Waals surface area contributed by atoms with Crippen LogP contribution < -0.4 is 11.0 Å². The van der Waals surface area contributed by atoms with Crippen molar-refractivity contribution in [1.82, 2.24) is 8.97 Å². The van der Waals surface area contributed by atoms with E-state index in [0.717, 1.165) is 23.2 Å². The van der Waals surface area contributed by atoms with E-state index in [0.29, 0.717) is 16.5 Å². The Hall–Kier alpha value is -3.02. The van der Waals surface area contributed by atoms with Gasteiger partial charge in [-0.3, -0.25) is 9.59 Å². The van der Waals surface area contributed by atoms with Gasteiger partial charge in [-0.15, -0.1) is 0 Å². The number of aromatic nitrogens is 2. The third-order valence-corrected chi connectivity index (χ3v) is 5.74. The Kier molecular flexibility index (Phi) is 5.66. The molecule has 0 atom stereocenters. The van der Waals surface area contributed by atoms with Crippen molar-refractivity contribution in [3.63, 3.8) is 0 Å². The molecule has 4 aromatic rings. The predicted molar refractivity (Wildman–Crippen MR) is 119 cm³/mol. The first kappa shape index (κ1) is 20.3. The van der Waals surface area contributed by atoms with E-state index >= 15 is 0 Å². The molecule has 0 amide bonds. The summed E-state index contributed by atoms with van der Waals surface area (Å²) in [6, 6.07) is 16.4. The van der Waals surface area contributed by atoms with E-state index < -0.39 is 16.7 Å². The van der Waals surface area contributed by atoms with E-state index in [9.17, 15) is 14.7 Å². The molecule has 0 aliphatic rings. The Bertz CT molecular complexity index is 1340. The lowest BCUT2D eigenvalue weighted by molar-refractivity contribution is 0.471. The zero-order chi connectivity index (χ0) is 21.3. The third kappa shape index (κ3) is 3.99. The summed E-state index contributed by atoms with van der Waals surface area (Å²) >= 11 is 12.1. The van der Waals surface area contributed by atoms with Crippen molar-refractivity contribution in [3.8, 4) is 5.75 Å². The van der Waals surface area contributed by atoms with Crippen LogP contribution in [0.5, 0.6) is 5.75 Å². The van der Waals surface area contributed by atoms with Gasteiger partial charge >= 0.3 is 0 Å². The summed E-state index contributed by atoms with van der Waals surface area (Å²) in [4.78, 5) is 25.1. The minimum absolute atomic E-state index is 0.0341. The van der Waals surface area contributed by atoms with Crippen LogP contribution >= 0.6 is 23.2 Å². The average molecular weight is 441 g/mol. The van der Waals surface area contributed by atoms with Crippen molar-refractivity contribution in [2.75, 3.05) is 0 Å². The van der Waals surface area contributed by atoms with Crippen molar-refractivity contribution in [3.05, 3.63) is 114 Å². The molecule has 0 spiro atoms. The van der Waals surface area contributed by atoms with E-state index in [1.54, 1.807) is 28.8 Å². The Morgan fingerprint density at radius 2 is 1.63 bits per heavy atom. The Morgan fingerprint density at radius 3 is 2.37 bits per heavy atom. The molecule has 2 heterocycles. The van der Waals surface area contributed by atoms with Crippen LogP contribution in [0.3, 0.4) is 0 Å². The molecular formula is C23H18Cl2N2O3. The smallest absolute Gasteiger partial charge is 0.279 e. The molecule has 0 fully saturated rings. The fourth-order valence-electron chi connectivity index (χ4n) is 3.46. The number of rotatable bonds is 5. The lowest BCUT2D eigenvalue weighted by Crippen LogP contribution is -2.26. The molecule has 1 N–H and O–H groups in total. The highest BCUT2D eigenvalue weighted by Gasteiger charge is 2.14. The predicted octanol–water partition coefficient (Wildman–Crippen LogP) is 4.31. The molecule has 30 heavy (non-hydrogen) atoms. The maximum atomic E-state index is 13.1. The molecule has 0 bridgehead atoms. The first-order chi connectivity index (χ1) is 14.4. The van der Waals surface area contributed by atoms with Gasteiger partial charge in [0.15, 0.2) is 11.3 Å². The van der Waals surface area contributed by atoms with Gasteiger partial charge in [-0.05, 0) is 36.1 Å². The van der Waals surface area contributed by atoms with Crippen molar-refractivity contribution in [2.45, 2.75) is 19.4 Å². The average Bonchev–Trinajstić information content (AvgIpc) is 2.74. The Morgan fingerprint density at radius 1 is 0.867 bits per heavy atom. The molecule has 2 aromatic heterocycles. The number of fused-ring (bicyclic) bond motifs is 1. The van der Waals surface area contributed by atoms with Gasteiger partial charge in [0.05, 0.1) is 16.6 Å². The standard InChI is InChI=1S/C23H18Cl2N2O3/c24-18-9-7-16(12-19(18)25)13-26-14-17(8-6-15-4-2-1-3-5-15)27-11-10-20(28)22(29)21(27)23(26)30/h1-5,7,9-12,14,29H,6,8,13H2. The first-order valence-corrected chi connectivity index (χ1v) is 10.1. The monoisotopic (exact) mass is 440 g/mol. The van der Waals surface area contributed by atoms with Gasteiger partial charge in [0.1, 0.15) is 0 Å². The summed E-state index contributed by atoms with van der Waals surface area (Å²) in [5.74, 6) is -0.549. The van der Waals surface area contributed by atoms with Crippen molar-refractivity contribution in [1.29, 1.82) is 0 Å². The second kappa shape index (κ2) is 8.38. The van der Waals surface area contributed by atoms with Gasteiger partial charge in [0.25, 0.3) is 5.56 Å². The molecule has 5 nitrogen and oxygen atoms in total. The maximum Gasteiger partial charge on any atom is 0.279 e. The minimum atomic E-state index is -0.589. The van der Waals surface area contributed by atoms with Crippen LogP contribution in [-0.2, 0) is 19.4 Å². The Labute approximate surface area is 182 Å². The number of nitrogens with zero attached hydrogens (tertiary/aromatic N) is 2. The van der Waals surface area contributed by atoms with Gasteiger partial charge in [0.2, 0.25) is 5.43 Å². The zero-order valence-electron chi connectivity index (χ0n) is 15.9. The molecule has 7 heteroatoms. The topological polar surface area (TPSA) is 63.7 Å². The van der Waals surface area contributed by atoms with Gasteiger partial charge in [-0.25, -0.2) is 0 Å². The van der Waals surface area contributed by atoms with E-state index in [1.165, 1.54) is 16.8 Å². The van der Waals surface area contributed by atoms with E-state index in [1.807, 2.05) is 30.3 Å². The maximum absolute atomic E-state index is 13.1. The third-order valence-electron chi connectivity index (χ3n) is 5.00. The van der Waals surface area contributed by atoms with Crippen LogP contribution in [-0.4, -0.2) is 14.1 Å². The molecule has 0 aliphatic carbocycles. The van der Waals surface area contributed by atoms with Crippen LogP contribution in [0.25, 0.3) is 5.52 Å². The minimum Gasteiger partial charge on any atom is -0.503 e. The lowest BCUT2D eigenvalue weighted by atomic mass is 10.1. The SMILES string of the molecule is O=c1ccn2c(CCc3ccccc3)cn(Cc3ccc(Cl)c(Cl)c3)c(=O)c2c1O. The first-order valence-electron chi connectivity index (χ1n) is 9.38. The van der Waals surface area contributed by atoms with Crippen LogP contribution in [0.4, 0.5) is 0 Å². The largest absolute Gasteiger partial charge is 0.503 e. The van der Waals surface area contributed by atoms with Gasteiger partial charge in [0, 0.05) is 24.2 Å². The van der Waals surface area contributed by atoms with Crippen LogP contribution in [0.15, 0.2) is 76.6 Å². The number of benzene rings is 2. The summed E-state index contributed by atoms with van der Waals surface area (Å²) in [6.07, 6.45) is 4.64. The molecular weight excluding hydrogens is 423 g/mol. The molecule has 2 aromatic carbocycles. The zero-order valence-corrected chi connectivity index (χ0v) is 17.4. The summed E-state index contributed by atoms with van der Waals surface area (Å²) < 4.78 is 3.07. The summed E-state index contributed by atoms with van der Waals surface area (Å²) in [5, 5.41) is 11.2. The molecule has 0 radical (unpaired) electrons. The molecule has 0 saturated heterocycles. The molecule has 0 saturated carbocycles. The molecule has 152 valence electrons. The fourth-order valence-corrected chi connectivity index (χ4v) is 3.78. The Balaban J connectivity index is 1.82. The highest BCUT2D eigenvalue weighted by Crippen LogP contribution is 2.23. The number of pyridine rings is 1. The van der Waals surface area contributed by atoms with Gasteiger partial charge in [-0.1, -0.05) is 59.6 Å². The van der Waals surface area contributed by atoms with E-state index in [2.05, 4.69) is 0 Å². The number of hydrogen-bond acceptors (Lipinski definition) is 3. The summed E-state index contributed by atoms with van der Waals surface area (Å²) in [5.41, 5.74) is 1.64. The van der Waals surface area contributed by atoms with Crippen molar-refractivity contribution >= 4 is 28.7 Å². The quantitative estimate of drug-likeness (QED) is 0.502. The molecule has 4 rings (SSSR count). The highest BCUT2D eigenvalue weighted by molar-refractivity contribution is 6.42. The van der Waals surface area contributed by atoms with E-state index in [4.69, 9.17) is 23.2 Å². The van der Waals surface area contributed by atoms with Crippen LogP contribution in [0.1, 0.15) is 16.8 Å². The number of hydrogen-bond donors (Lipinski definition) is 1. The number of aromatic hydroxyl groups is 1. The van der Waals surface area contributed by atoms with Gasteiger partial charge in [-0.2, -0.15) is 0 Å². The second-order valence-electron chi connectivity index (χ2n) is 7.03. The number of halogens is 2. The lowest BCUT2D eigenvalue weighted by Gasteiger charge is -2.15. The van der Waals surface area contributed by atoms with Gasteiger partial charge < -0.3 is 14.1 Å².